The van der Waals surface area contributed by atoms with Crippen molar-refractivity contribution in [2.45, 2.75) is 18.9 Å². The van der Waals surface area contributed by atoms with Crippen LogP contribution in [0.25, 0.3) is 0 Å². The molecular weight excluding hydrogens is 284 g/mol. The minimum absolute atomic E-state index is 0.000278. The summed E-state index contributed by atoms with van der Waals surface area (Å²) in [5.41, 5.74) is -0.222. The standard InChI is InChI=1S/C12H12N2O7/c15-10(16)6-5-9(12(18)19)13-11(17)7-1-3-8(4-2-7)14(20)21/h1-4,9H,5-6H2,(H,13,17)(H,15,16)(H,18,19)/p-2/t9-/m1/s1. The van der Waals surface area contributed by atoms with E-state index in [0.717, 1.165) is 24.3 Å². The highest BCUT2D eigenvalue weighted by molar-refractivity contribution is 5.96. The van der Waals surface area contributed by atoms with E-state index in [4.69, 9.17) is 0 Å². The van der Waals surface area contributed by atoms with Crippen molar-refractivity contribution in [3.63, 3.8) is 0 Å². The van der Waals surface area contributed by atoms with Crippen molar-refractivity contribution in [3.8, 4) is 0 Å². The summed E-state index contributed by atoms with van der Waals surface area (Å²) >= 11 is 0. The summed E-state index contributed by atoms with van der Waals surface area (Å²) in [6, 6.07) is 2.98. The second-order valence-corrected chi connectivity index (χ2v) is 4.06. The van der Waals surface area contributed by atoms with E-state index in [2.05, 4.69) is 5.32 Å². The fourth-order valence-electron chi connectivity index (χ4n) is 1.49. The lowest BCUT2D eigenvalue weighted by atomic mass is 10.1. The molecule has 1 aromatic carbocycles. The Labute approximate surface area is 118 Å². The van der Waals surface area contributed by atoms with E-state index in [1.165, 1.54) is 0 Å². The molecule has 0 saturated heterocycles. The summed E-state index contributed by atoms with van der Waals surface area (Å²) in [5.74, 6) is -3.89. The Bertz CT molecular complexity index is 567. The molecule has 0 aliphatic rings. The molecule has 0 bridgehead atoms. The largest absolute Gasteiger partial charge is 0.550 e. The summed E-state index contributed by atoms with van der Waals surface area (Å²) in [7, 11) is 0. The average molecular weight is 294 g/mol. The number of nitro benzene ring substituents is 1. The maximum absolute atomic E-state index is 11.8. The molecule has 0 heterocycles. The molecule has 1 rings (SSSR count). The number of carboxylic acid groups (broad SMARTS) is 2. The Hall–Kier alpha value is -2.97. The lowest BCUT2D eigenvalue weighted by molar-refractivity contribution is -0.384. The number of amides is 1. The highest BCUT2D eigenvalue weighted by Gasteiger charge is 2.15. The normalized spacial score (nSPS) is 11.4. The van der Waals surface area contributed by atoms with E-state index < -0.39 is 35.2 Å². The number of nitrogens with zero attached hydrogens (tertiary/aromatic N) is 1. The molecule has 0 aliphatic heterocycles. The molecule has 0 fully saturated rings. The van der Waals surface area contributed by atoms with Gasteiger partial charge in [-0.3, -0.25) is 14.9 Å². The molecule has 0 radical (unpaired) electrons. The van der Waals surface area contributed by atoms with Crippen LogP contribution in [0.2, 0.25) is 0 Å². The summed E-state index contributed by atoms with van der Waals surface area (Å²) < 4.78 is 0. The van der Waals surface area contributed by atoms with Crippen LogP contribution in [0.1, 0.15) is 23.2 Å². The molecule has 0 unspecified atom stereocenters. The van der Waals surface area contributed by atoms with Gasteiger partial charge in [0.05, 0.1) is 16.9 Å². The molecule has 0 aliphatic carbocycles. The lowest BCUT2D eigenvalue weighted by Gasteiger charge is -2.19. The monoisotopic (exact) mass is 294 g/mol. The van der Waals surface area contributed by atoms with Crippen LogP contribution in [0.3, 0.4) is 0 Å². The van der Waals surface area contributed by atoms with Gasteiger partial charge in [0.25, 0.3) is 11.6 Å². The number of carbonyl (C=O) groups excluding carboxylic acids is 3. The summed E-state index contributed by atoms with van der Waals surface area (Å²) in [5, 5.41) is 33.6. The molecule has 112 valence electrons. The van der Waals surface area contributed by atoms with Crippen molar-refractivity contribution in [2.24, 2.45) is 0 Å². The minimum Gasteiger partial charge on any atom is -0.550 e. The van der Waals surface area contributed by atoms with E-state index in [1.54, 1.807) is 0 Å². The fraction of sp³-hybridized carbons (Fsp3) is 0.250. The smallest absolute Gasteiger partial charge is 0.269 e. The summed E-state index contributed by atoms with van der Waals surface area (Å²) in [6.07, 6.45) is -0.942. The third-order valence-electron chi connectivity index (χ3n) is 2.57. The van der Waals surface area contributed by atoms with E-state index in [0.29, 0.717) is 0 Å². The first-order valence-corrected chi connectivity index (χ1v) is 5.77. The first kappa shape index (κ1) is 16.1. The first-order chi connectivity index (χ1) is 9.81. The molecule has 9 heteroatoms. The second kappa shape index (κ2) is 6.98. The van der Waals surface area contributed by atoms with Gasteiger partial charge in [0.1, 0.15) is 0 Å². The predicted octanol–water partition coefficient (Wildman–Crippen LogP) is -2.03. The topological polar surface area (TPSA) is 152 Å². The van der Waals surface area contributed by atoms with Crippen LogP contribution >= 0.6 is 0 Å². The van der Waals surface area contributed by atoms with Gasteiger partial charge in [-0.1, -0.05) is 0 Å². The van der Waals surface area contributed by atoms with Crippen molar-refractivity contribution in [1.29, 1.82) is 0 Å². The van der Waals surface area contributed by atoms with Gasteiger partial charge in [0.15, 0.2) is 0 Å². The van der Waals surface area contributed by atoms with E-state index >= 15 is 0 Å². The molecule has 9 nitrogen and oxygen atoms in total. The van der Waals surface area contributed by atoms with E-state index in [9.17, 15) is 34.7 Å². The van der Waals surface area contributed by atoms with Gasteiger partial charge in [-0.2, -0.15) is 0 Å². The lowest BCUT2D eigenvalue weighted by Crippen LogP contribution is -2.48. The quantitative estimate of drug-likeness (QED) is 0.449. The SMILES string of the molecule is O=C([O-])CC[C@@H](NC(=O)c1ccc([N+](=O)[O-])cc1)C(=O)[O-]. The van der Waals surface area contributed by atoms with Gasteiger partial charge in [0, 0.05) is 23.7 Å². The highest BCUT2D eigenvalue weighted by atomic mass is 16.6. The predicted molar refractivity (Wildman–Crippen MR) is 63.6 cm³/mol. The second-order valence-electron chi connectivity index (χ2n) is 4.06. The van der Waals surface area contributed by atoms with Crippen molar-refractivity contribution in [1.82, 2.24) is 5.32 Å². The third-order valence-corrected chi connectivity index (χ3v) is 2.57. The van der Waals surface area contributed by atoms with Crippen molar-refractivity contribution in [3.05, 3.63) is 39.9 Å². The van der Waals surface area contributed by atoms with Gasteiger partial charge in [0.2, 0.25) is 0 Å². The molecule has 0 spiro atoms. The number of aliphatic carboxylic acids is 2. The zero-order valence-corrected chi connectivity index (χ0v) is 10.6. The highest BCUT2D eigenvalue weighted by Crippen LogP contribution is 2.12. The van der Waals surface area contributed by atoms with Crippen LogP contribution in [-0.2, 0) is 9.59 Å². The molecule has 1 aromatic rings. The van der Waals surface area contributed by atoms with Crippen LogP contribution in [0.4, 0.5) is 5.69 Å². The minimum atomic E-state index is -1.63. The average Bonchev–Trinajstić information content (AvgIpc) is 2.42. The molecule has 1 N–H and O–H groups in total. The first-order valence-electron chi connectivity index (χ1n) is 5.77. The molecule has 21 heavy (non-hydrogen) atoms. The third kappa shape index (κ3) is 4.90. The van der Waals surface area contributed by atoms with Gasteiger partial charge >= 0.3 is 0 Å². The van der Waals surface area contributed by atoms with Crippen molar-refractivity contribution < 1.29 is 29.5 Å². The zero-order chi connectivity index (χ0) is 16.0. The van der Waals surface area contributed by atoms with Crippen LogP contribution in [-0.4, -0.2) is 28.8 Å². The molecule has 1 amide bonds. The number of rotatable bonds is 7. The summed E-state index contributed by atoms with van der Waals surface area (Å²) in [6.45, 7) is 0. The fourth-order valence-corrected chi connectivity index (χ4v) is 1.49. The van der Waals surface area contributed by atoms with Crippen LogP contribution in [0, 0.1) is 10.1 Å². The van der Waals surface area contributed by atoms with Gasteiger partial charge < -0.3 is 25.1 Å². The molecule has 0 saturated carbocycles. The zero-order valence-electron chi connectivity index (χ0n) is 10.6. The molecular formula is C12H10N2O7-2. The van der Waals surface area contributed by atoms with Crippen molar-refractivity contribution >= 4 is 23.5 Å². The Morgan fingerprint density at radius 2 is 1.71 bits per heavy atom. The summed E-state index contributed by atoms with van der Waals surface area (Å²) in [4.78, 5) is 42.6. The van der Waals surface area contributed by atoms with Gasteiger partial charge in [-0.15, -0.1) is 0 Å². The molecule has 0 aromatic heterocycles. The van der Waals surface area contributed by atoms with Crippen molar-refractivity contribution in [2.75, 3.05) is 0 Å². The Morgan fingerprint density at radius 1 is 1.14 bits per heavy atom. The van der Waals surface area contributed by atoms with Gasteiger partial charge in [-0.05, 0) is 25.0 Å². The van der Waals surface area contributed by atoms with Crippen LogP contribution in [0.5, 0.6) is 0 Å². The Kier molecular flexibility index (Phi) is 5.35. The maximum Gasteiger partial charge on any atom is 0.269 e. The number of hydrogen-bond acceptors (Lipinski definition) is 7. The Balaban J connectivity index is 2.74. The number of non-ortho nitro benzene ring substituents is 1. The number of nitrogens with one attached hydrogen (secondary N) is 1. The van der Waals surface area contributed by atoms with E-state index in [-0.39, 0.29) is 17.7 Å². The number of carbonyl (C=O) groups is 3. The van der Waals surface area contributed by atoms with Crippen LogP contribution in [0.15, 0.2) is 24.3 Å². The van der Waals surface area contributed by atoms with E-state index in [1.807, 2.05) is 0 Å². The number of hydrogen-bond donors (Lipinski definition) is 1. The van der Waals surface area contributed by atoms with Gasteiger partial charge in [-0.25, -0.2) is 0 Å². The van der Waals surface area contributed by atoms with Crippen LogP contribution < -0.4 is 15.5 Å². The number of carboxylic acids is 2. The molecule has 1 atom stereocenters. The number of nitro groups is 1. The number of benzene rings is 1. The Morgan fingerprint density at radius 3 is 2.14 bits per heavy atom. The maximum atomic E-state index is 11.8.